The largest absolute Gasteiger partial charge is 0.337 e. The van der Waals surface area contributed by atoms with Crippen LogP contribution in [0.25, 0.3) is 11.4 Å². The van der Waals surface area contributed by atoms with Gasteiger partial charge in [-0.2, -0.15) is 4.98 Å². The molecule has 5 rings (SSSR count). The number of benzene rings is 2. The third-order valence-corrected chi connectivity index (χ3v) is 6.65. The summed E-state index contributed by atoms with van der Waals surface area (Å²) in [6.45, 7) is 0.0411. The fourth-order valence-corrected chi connectivity index (χ4v) is 4.83. The van der Waals surface area contributed by atoms with Crippen molar-refractivity contribution in [3.8, 4) is 11.4 Å². The molecule has 3 amide bonds. The van der Waals surface area contributed by atoms with E-state index in [2.05, 4.69) is 26.1 Å². The van der Waals surface area contributed by atoms with E-state index in [0.717, 1.165) is 14.9 Å². The second-order valence-electron chi connectivity index (χ2n) is 6.95. The number of carbonyl (C=O) groups excluding carboxylic acids is 2. The topological polar surface area (TPSA) is 79.5 Å². The lowest BCUT2D eigenvalue weighted by molar-refractivity contribution is -0.119. The second-order valence-corrected chi connectivity index (χ2v) is 8.92. The smallest absolute Gasteiger partial charge is 0.332 e. The van der Waals surface area contributed by atoms with Gasteiger partial charge in [0.25, 0.3) is 5.91 Å². The number of imide groups is 1. The van der Waals surface area contributed by atoms with Crippen molar-refractivity contribution in [1.29, 1.82) is 0 Å². The molecule has 2 atom stereocenters. The average Bonchev–Trinajstić information content (AvgIpc) is 3.43. The van der Waals surface area contributed by atoms with E-state index in [9.17, 15) is 14.0 Å². The summed E-state index contributed by atoms with van der Waals surface area (Å²) < 4.78 is 19.7. The van der Waals surface area contributed by atoms with E-state index in [1.807, 2.05) is 35.7 Å². The van der Waals surface area contributed by atoms with Crippen molar-refractivity contribution < 1.29 is 18.5 Å². The molecule has 2 aliphatic heterocycles. The molecule has 2 unspecified atom stereocenters. The van der Waals surface area contributed by atoms with E-state index < -0.39 is 23.1 Å². The average molecular weight is 501 g/mol. The minimum Gasteiger partial charge on any atom is -0.337 e. The van der Waals surface area contributed by atoms with Crippen LogP contribution in [0.4, 0.5) is 14.9 Å². The number of amides is 3. The Morgan fingerprint density at radius 3 is 2.58 bits per heavy atom. The number of carbonyl (C=O) groups is 2. The summed E-state index contributed by atoms with van der Waals surface area (Å²) in [6.07, 6.45) is 1.82. The van der Waals surface area contributed by atoms with Gasteiger partial charge < -0.3 is 9.42 Å². The lowest BCUT2D eigenvalue weighted by Crippen LogP contribution is -2.61. The van der Waals surface area contributed by atoms with Gasteiger partial charge in [0.05, 0.1) is 11.7 Å². The number of hydrogen-bond donors (Lipinski definition) is 0. The van der Waals surface area contributed by atoms with Crippen molar-refractivity contribution in [2.45, 2.75) is 17.8 Å². The first kappa shape index (κ1) is 20.0. The molecule has 0 radical (unpaired) electrons. The zero-order valence-electron chi connectivity index (χ0n) is 15.8. The fourth-order valence-electron chi connectivity index (χ4n) is 3.52. The highest BCUT2D eigenvalue weighted by Gasteiger charge is 2.48. The first-order valence-electron chi connectivity index (χ1n) is 9.32. The van der Waals surface area contributed by atoms with Crippen LogP contribution in [0.5, 0.6) is 0 Å². The number of nitrogens with zero attached hydrogens (tertiary/aromatic N) is 4. The maximum Gasteiger partial charge on any atom is 0.332 e. The maximum atomic E-state index is 13.3. The zero-order valence-corrected chi connectivity index (χ0v) is 18.2. The second kappa shape index (κ2) is 7.93. The molecule has 0 N–H and O–H groups in total. The Balaban J connectivity index is 1.44. The molecule has 2 aromatic carbocycles. The van der Waals surface area contributed by atoms with Crippen molar-refractivity contribution in [2.24, 2.45) is 0 Å². The molecular formula is C21H14BrFN4O3S. The molecule has 3 heterocycles. The van der Waals surface area contributed by atoms with Crippen LogP contribution in [0.2, 0.25) is 0 Å². The minimum atomic E-state index is -0.520. The highest BCUT2D eigenvalue weighted by molar-refractivity contribution is 9.10. The Bertz CT molecular complexity index is 1180. The van der Waals surface area contributed by atoms with Crippen LogP contribution in [-0.4, -0.2) is 38.3 Å². The molecule has 156 valence electrons. The van der Waals surface area contributed by atoms with E-state index in [1.165, 1.54) is 40.9 Å². The summed E-state index contributed by atoms with van der Waals surface area (Å²) in [6, 6.07) is 11.8. The highest BCUT2D eigenvalue weighted by Crippen LogP contribution is 2.37. The summed E-state index contributed by atoms with van der Waals surface area (Å²) in [4.78, 5) is 33.3. The standard InChI is InChI=1S/C21H14BrFN4O3S/c22-13-3-1-12(2-4-13)19-24-17(30-25-19)11-26-16-9-10-31-18(16)20(28)27(21(26)29)15-7-5-14(23)6-8-15/h1-10,16,18H,11H2. The van der Waals surface area contributed by atoms with Crippen molar-refractivity contribution >= 4 is 45.3 Å². The maximum absolute atomic E-state index is 13.3. The third kappa shape index (κ3) is 3.66. The molecule has 0 spiro atoms. The van der Waals surface area contributed by atoms with Gasteiger partial charge in [-0.05, 0) is 53.9 Å². The van der Waals surface area contributed by atoms with Gasteiger partial charge in [0.15, 0.2) is 0 Å². The monoisotopic (exact) mass is 500 g/mol. The summed E-state index contributed by atoms with van der Waals surface area (Å²) in [5.74, 6) is -0.123. The van der Waals surface area contributed by atoms with Crippen LogP contribution in [0.3, 0.4) is 0 Å². The summed E-state index contributed by atoms with van der Waals surface area (Å²) >= 11 is 4.73. The Kier molecular flexibility index (Phi) is 5.11. The Morgan fingerprint density at radius 1 is 1.10 bits per heavy atom. The molecule has 7 nitrogen and oxygen atoms in total. The predicted octanol–water partition coefficient (Wildman–Crippen LogP) is 4.60. The molecule has 2 aliphatic rings. The normalized spacial score (nSPS) is 20.5. The molecule has 1 saturated heterocycles. The van der Waals surface area contributed by atoms with Crippen LogP contribution in [0, 0.1) is 5.82 Å². The van der Waals surface area contributed by atoms with Gasteiger partial charge in [0.2, 0.25) is 11.7 Å². The van der Waals surface area contributed by atoms with E-state index in [-0.39, 0.29) is 18.3 Å². The molecule has 0 aliphatic carbocycles. The van der Waals surface area contributed by atoms with Crippen molar-refractivity contribution in [3.63, 3.8) is 0 Å². The van der Waals surface area contributed by atoms with Crippen molar-refractivity contribution in [3.05, 3.63) is 76.2 Å². The van der Waals surface area contributed by atoms with Crippen LogP contribution < -0.4 is 4.90 Å². The Hall–Kier alpha value is -2.98. The summed E-state index contributed by atoms with van der Waals surface area (Å²) in [5.41, 5.74) is 1.09. The zero-order chi connectivity index (χ0) is 21.5. The first-order chi connectivity index (χ1) is 15.0. The van der Waals surface area contributed by atoms with Gasteiger partial charge in [-0.1, -0.05) is 27.2 Å². The van der Waals surface area contributed by atoms with Gasteiger partial charge in [-0.15, -0.1) is 11.8 Å². The number of urea groups is 1. The lowest BCUT2D eigenvalue weighted by atomic mass is 10.1. The molecule has 0 bridgehead atoms. The Labute approximate surface area is 189 Å². The summed E-state index contributed by atoms with van der Waals surface area (Å²) in [7, 11) is 0. The van der Waals surface area contributed by atoms with Crippen LogP contribution in [0.15, 0.2) is 69.0 Å². The van der Waals surface area contributed by atoms with Crippen molar-refractivity contribution in [1.82, 2.24) is 15.0 Å². The molecule has 1 aromatic heterocycles. The SMILES string of the molecule is O=C1C2SC=CC2N(Cc2nc(-c3ccc(Br)cc3)no2)C(=O)N1c1ccc(F)cc1. The number of fused-ring (bicyclic) bond motifs is 1. The minimum absolute atomic E-state index is 0.0411. The van der Waals surface area contributed by atoms with Gasteiger partial charge in [-0.3, -0.25) is 4.79 Å². The highest BCUT2D eigenvalue weighted by atomic mass is 79.9. The van der Waals surface area contributed by atoms with Gasteiger partial charge in [0, 0.05) is 10.0 Å². The first-order valence-corrected chi connectivity index (χ1v) is 11.1. The third-order valence-electron chi connectivity index (χ3n) is 5.03. The van der Waals surface area contributed by atoms with E-state index in [4.69, 9.17) is 4.52 Å². The lowest BCUT2D eigenvalue weighted by Gasteiger charge is -2.40. The number of thioether (sulfide) groups is 1. The van der Waals surface area contributed by atoms with Crippen LogP contribution in [-0.2, 0) is 11.3 Å². The molecule has 0 saturated carbocycles. The molecule has 31 heavy (non-hydrogen) atoms. The van der Waals surface area contributed by atoms with Gasteiger partial charge in [-0.25, -0.2) is 14.1 Å². The number of aromatic nitrogens is 2. The molecular weight excluding hydrogens is 487 g/mol. The van der Waals surface area contributed by atoms with E-state index in [1.54, 1.807) is 0 Å². The molecule has 1 fully saturated rings. The van der Waals surface area contributed by atoms with Crippen LogP contribution in [0.1, 0.15) is 5.89 Å². The number of anilines is 1. The number of rotatable bonds is 4. The van der Waals surface area contributed by atoms with Gasteiger partial charge >= 0.3 is 6.03 Å². The number of hydrogen-bond acceptors (Lipinski definition) is 6. The van der Waals surface area contributed by atoms with E-state index in [0.29, 0.717) is 11.5 Å². The van der Waals surface area contributed by atoms with Crippen LogP contribution >= 0.6 is 27.7 Å². The van der Waals surface area contributed by atoms with Gasteiger partial charge in [0.1, 0.15) is 17.6 Å². The number of halogens is 2. The quantitative estimate of drug-likeness (QED) is 0.520. The van der Waals surface area contributed by atoms with Crippen molar-refractivity contribution in [2.75, 3.05) is 4.90 Å². The summed E-state index contributed by atoms with van der Waals surface area (Å²) in [5, 5.41) is 5.33. The molecule has 10 heteroatoms. The fraction of sp³-hybridized carbons (Fsp3) is 0.143. The van der Waals surface area contributed by atoms with E-state index >= 15 is 0 Å². The Morgan fingerprint density at radius 2 is 1.84 bits per heavy atom. The predicted molar refractivity (Wildman–Crippen MR) is 117 cm³/mol. The molecule has 3 aromatic rings.